The summed E-state index contributed by atoms with van der Waals surface area (Å²) in [4.78, 5) is 10.9. The van der Waals surface area contributed by atoms with Crippen molar-refractivity contribution in [1.82, 2.24) is 4.57 Å². The van der Waals surface area contributed by atoms with Crippen molar-refractivity contribution in [2.75, 3.05) is 6.61 Å². The van der Waals surface area contributed by atoms with Gasteiger partial charge in [-0.05, 0) is 60.7 Å². The fourth-order valence-electron chi connectivity index (χ4n) is 5.90. The molecule has 2 heterocycles. The van der Waals surface area contributed by atoms with Crippen LogP contribution in [0, 0.1) is 10.1 Å². The first-order valence-corrected chi connectivity index (χ1v) is 15.7. The van der Waals surface area contributed by atoms with E-state index in [0.717, 1.165) is 54.8 Å². The summed E-state index contributed by atoms with van der Waals surface area (Å²) in [7, 11) is 0. The highest BCUT2D eigenvalue weighted by atomic mass is 79.9. The van der Waals surface area contributed by atoms with Crippen LogP contribution in [-0.2, 0) is 19.5 Å². The van der Waals surface area contributed by atoms with E-state index in [-0.39, 0.29) is 27.6 Å². The van der Waals surface area contributed by atoms with Gasteiger partial charge in [0.2, 0.25) is 5.69 Å². The average molecular weight is 677 g/mol. The quantitative estimate of drug-likeness (QED) is 0.0651. The van der Waals surface area contributed by atoms with Crippen LogP contribution in [-0.4, -0.2) is 16.1 Å². The molecule has 46 heavy (non-hydrogen) atoms. The van der Waals surface area contributed by atoms with Gasteiger partial charge in [-0.2, -0.15) is 4.57 Å². The maximum atomic E-state index is 11.2. The number of nitro benzene ring substituents is 1. The van der Waals surface area contributed by atoms with Crippen LogP contribution in [0.25, 0.3) is 34.0 Å². The molecule has 0 amide bonds. The van der Waals surface area contributed by atoms with E-state index in [1.807, 2.05) is 12.1 Å². The van der Waals surface area contributed by atoms with Crippen LogP contribution in [0.4, 0.5) is 5.69 Å². The summed E-state index contributed by atoms with van der Waals surface area (Å²) in [6.45, 7) is 4.44. The van der Waals surface area contributed by atoms with Crippen molar-refractivity contribution in [2.45, 2.75) is 45.7 Å². The molecule has 0 N–H and O–H groups in total. The van der Waals surface area contributed by atoms with E-state index in [0.29, 0.717) is 13.2 Å². The van der Waals surface area contributed by atoms with E-state index in [2.05, 4.69) is 107 Å². The van der Waals surface area contributed by atoms with Crippen molar-refractivity contribution in [1.29, 1.82) is 0 Å². The molecule has 0 saturated heterocycles. The van der Waals surface area contributed by atoms with E-state index < -0.39 is 0 Å². The maximum Gasteiger partial charge on any atom is 0.269 e. The van der Waals surface area contributed by atoms with Gasteiger partial charge in [0.15, 0.2) is 12.7 Å². The molecule has 6 aromatic rings. The second-order valence-corrected chi connectivity index (χ2v) is 11.4. The van der Waals surface area contributed by atoms with Crippen LogP contribution in [0.3, 0.4) is 0 Å². The zero-order valence-electron chi connectivity index (χ0n) is 26.0. The Morgan fingerprint density at radius 2 is 1.54 bits per heavy atom. The number of nitro groups is 1. The molecule has 0 fully saturated rings. The predicted octanol–water partition coefficient (Wildman–Crippen LogP) is 6.02. The van der Waals surface area contributed by atoms with Crippen LogP contribution in [0.2, 0.25) is 0 Å². The molecule has 0 atom stereocenters. The third-order valence-corrected chi connectivity index (χ3v) is 8.24. The van der Waals surface area contributed by atoms with Gasteiger partial charge in [-0.3, -0.25) is 10.1 Å². The Hall–Kier alpha value is -4.75. The molecule has 2 aromatic heterocycles. The average Bonchev–Trinajstić information content (AvgIpc) is 3.38. The lowest BCUT2D eigenvalue weighted by Crippen LogP contribution is -3.00. The molecule has 0 aliphatic heterocycles. The number of ether oxygens (including phenoxy) is 1. The van der Waals surface area contributed by atoms with Crippen LogP contribution in [0.1, 0.15) is 48.6 Å². The molecule has 0 aliphatic rings. The van der Waals surface area contributed by atoms with Crippen molar-refractivity contribution in [3.8, 4) is 5.75 Å². The number of fused-ring (bicyclic) bond motifs is 3. The topological polar surface area (TPSA) is 61.2 Å². The number of aryl methyl sites for hydroxylation is 2. The number of hydrogen-bond donors (Lipinski definition) is 0. The first-order valence-electron chi connectivity index (χ1n) is 15.7. The van der Waals surface area contributed by atoms with E-state index in [1.54, 1.807) is 24.3 Å². The van der Waals surface area contributed by atoms with Crippen molar-refractivity contribution < 1.29 is 31.2 Å². The molecule has 0 unspecified atom stereocenters. The fraction of sp³-hybridized carbons (Fsp3) is 0.205. The van der Waals surface area contributed by atoms with Gasteiger partial charge in [0, 0.05) is 53.2 Å². The summed E-state index contributed by atoms with van der Waals surface area (Å²) >= 11 is 0. The van der Waals surface area contributed by atoms with Gasteiger partial charge in [-0.1, -0.05) is 74.0 Å². The molecule has 0 saturated carbocycles. The minimum absolute atomic E-state index is 0. The number of rotatable bonds is 13. The molecule has 0 radical (unpaired) electrons. The Morgan fingerprint density at radius 3 is 2.24 bits per heavy atom. The number of pyridine rings is 1. The highest BCUT2D eigenvalue weighted by molar-refractivity contribution is 6.10. The second kappa shape index (κ2) is 15.5. The largest absolute Gasteiger partial charge is 1.00 e. The van der Waals surface area contributed by atoms with Crippen molar-refractivity contribution in [3.63, 3.8) is 0 Å². The Kier molecular flexibility index (Phi) is 11.0. The normalized spacial score (nSPS) is 11.2. The van der Waals surface area contributed by atoms with Crippen molar-refractivity contribution in [3.05, 3.63) is 148 Å². The summed E-state index contributed by atoms with van der Waals surface area (Å²) in [5.41, 5.74) is 6.95. The van der Waals surface area contributed by atoms with E-state index >= 15 is 0 Å². The number of unbranched alkanes of at least 4 members (excludes halogenated alkanes) is 1. The molecular weight excluding hydrogens is 638 g/mol. The number of aromatic nitrogens is 2. The number of hydrogen-bond acceptors (Lipinski definition) is 3. The zero-order valence-corrected chi connectivity index (χ0v) is 27.6. The van der Waals surface area contributed by atoms with Crippen molar-refractivity contribution >= 4 is 39.6 Å². The molecule has 4 aromatic carbocycles. The van der Waals surface area contributed by atoms with E-state index in [9.17, 15) is 10.1 Å². The monoisotopic (exact) mass is 675 g/mol. The molecule has 6 rings (SSSR count). The van der Waals surface area contributed by atoms with Gasteiger partial charge in [0.1, 0.15) is 11.3 Å². The standard InChI is InChI=1S/C39H38N3O3.BrH/c1-2-3-27-45-34-21-22-35-36-24-26-40(29-32-13-8-5-9-14-32)37(23-18-31-16-19-33(20-17-31)42(43)44)39(36)41(38(35)28-34)25-10-15-30-11-6-4-7-12-30;/h4-9,11-14,16-24,26,28H,2-3,10,15,25,27,29H2,1H3;1H/q+1;/p-1/b23-18+;. The van der Waals surface area contributed by atoms with Gasteiger partial charge < -0.3 is 26.3 Å². The van der Waals surface area contributed by atoms with Crippen LogP contribution >= 0.6 is 0 Å². The van der Waals surface area contributed by atoms with Gasteiger partial charge in [0.05, 0.1) is 17.0 Å². The molecule has 0 spiro atoms. The van der Waals surface area contributed by atoms with Crippen LogP contribution < -0.4 is 26.3 Å². The summed E-state index contributed by atoms with van der Waals surface area (Å²) in [6.07, 6.45) is 10.5. The third-order valence-electron chi connectivity index (χ3n) is 8.24. The summed E-state index contributed by atoms with van der Waals surface area (Å²) in [5.74, 6) is 0.892. The lowest BCUT2D eigenvalue weighted by molar-refractivity contribution is -0.688. The summed E-state index contributed by atoms with van der Waals surface area (Å²) in [6, 6.07) is 36.5. The van der Waals surface area contributed by atoms with E-state index in [1.165, 1.54) is 27.4 Å². The Balaban J connectivity index is 0.00000417. The second-order valence-electron chi connectivity index (χ2n) is 11.4. The number of nitrogens with zero attached hydrogens (tertiary/aromatic N) is 3. The first kappa shape index (κ1) is 32.6. The smallest absolute Gasteiger partial charge is 0.269 e. The molecule has 6 nitrogen and oxygen atoms in total. The maximum absolute atomic E-state index is 11.2. The lowest BCUT2D eigenvalue weighted by Gasteiger charge is -2.11. The van der Waals surface area contributed by atoms with Crippen molar-refractivity contribution in [2.24, 2.45) is 0 Å². The SMILES string of the molecule is CCCCOc1ccc2c3cc[n+](Cc4ccccc4)c(/C=C/c4ccc([N+](=O)[O-])cc4)c3n(CCCc3ccccc3)c2c1.[Br-]. The van der Waals surface area contributed by atoms with E-state index in [4.69, 9.17) is 4.74 Å². The highest BCUT2D eigenvalue weighted by Crippen LogP contribution is 2.34. The first-order chi connectivity index (χ1) is 22.1. The summed E-state index contributed by atoms with van der Waals surface area (Å²) < 4.78 is 10.9. The number of halogens is 1. The van der Waals surface area contributed by atoms with Gasteiger partial charge in [-0.25, -0.2) is 0 Å². The minimum Gasteiger partial charge on any atom is -1.00 e. The van der Waals surface area contributed by atoms with Gasteiger partial charge in [-0.15, -0.1) is 0 Å². The Morgan fingerprint density at radius 1 is 0.826 bits per heavy atom. The minimum atomic E-state index is -0.365. The van der Waals surface area contributed by atoms with Gasteiger partial charge in [0.25, 0.3) is 5.69 Å². The number of benzene rings is 4. The number of non-ortho nitro benzene ring substituents is 1. The Bertz CT molecular complexity index is 1940. The lowest BCUT2D eigenvalue weighted by atomic mass is 10.1. The van der Waals surface area contributed by atoms with Crippen LogP contribution in [0.15, 0.2) is 115 Å². The molecular formula is C39H38BrN3O3. The Labute approximate surface area is 280 Å². The molecule has 7 heteroatoms. The van der Waals surface area contributed by atoms with Crippen LogP contribution in [0.5, 0.6) is 5.75 Å². The highest BCUT2D eigenvalue weighted by Gasteiger charge is 2.22. The zero-order chi connectivity index (χ0) is 31.0. The molecule has 234 valence electrons. The molecule has 0 aliphatic carbocycles. The summed E-state index contributed by atoms with van der Waals surface area (Å²) in [5, 5.41) is 13.6. The molecule has 0 bridgehead atoms. The third kappa shape index (κ3) is 7.54. The van der Waals surface area contributed by atoms with Gasteiger partial charge >= 0.3 is 0 Å². The fourth-order valence-corrected chi connectivity index (χ4v) is 5.90. The predicted molar refractivity (Wildman–Crippen MR) is 182 cm³/mol.